The van der Waals surface area contributed by atoms with E-state index in [1.165, 1.54) is 0 Å². The average Bonchev–Trinajstić information content (AvgIpc) is 2.89. The van der Waals surface area contributed by atoms with Crippen LogP contribution in [0.3, 0.4) is 0 Å². The molecule has 1 unspecified atom stereocenters. The van der Waals surface area contributed by atoms with Crippen molar-refractivity contribution in [2.24, 2.45) is 5.73 Å². The smallest absolute Gasteiger partial charge is 0.285 e. The second-order valence-electron chi connectivity index (χ2n) is 4.73. The van der Waals surface area contributed by atoms with Gasteiger partial charge >= 0.3 is 0 Å². The normalized spacial score (nSPS) is 17.4. The monoisotopic (exact) mass is 316 g/mol. The fourth-order valence-corrected chi connectivity index (χ4v) is 2.40. The number of nitro groups is 1. The molecule has 21 heavy (non-hydrogen) atoms. The summed E-state index contributed by atoms with van der Waals surface area (Å²) in [5.41, 5.74) is 4.95. The molecule has 0 spiro atoms. The third-order valence-electron chi connectivity index (χ3n) is 3.45. The number of nitrogens with zero attached hydrogens (tertiary/aromatic N) is 3. The van der Waals surface area contributed by atoms with Gasteiger partial charge in [-0.15, -0.1) is 12.4 Å². The van der Waals surface area contributed by atoms with E-state index in [1.54, 1.807) is 4.90 Å². The van der Waals surface area contributed by atoms with Crippen LogP contribution in [0, 0.1) is 10.1 Å². The summed E-state index contributed by atoms with van der Waals surface area (Å²) in [7, 11) is 0. The lowest BCUT2D eigenvalue weighted by Crippen LogP contribution is -2.42. The van der Waals surface area contributed by atoms with E-state index >= 15 is 0 Å². The fraction of sp³-hybridized carbons (Fsp3) is 0.500. The van der Waals surface area contributed by atoms with Gasteiger partial charge in [0.15, 0.2) is 0 Å². The number of nitrogens with two attached hydrogens (primary N) is 1. The summed E-state index contributed by atoms with van der Waals surface area (Å²) in [4.78, 5) is 35.5. The number of hydrogen-bond donors (Lipinski definition) is 1. The fourth-order valence-electron chi connectivity index (χ4n) is 2.40. The molecule has 0 bridgehead atoms. The van der Waals surface area contributed by atoms with Gasteiger partial charge in [0.25, 0.3) is 11.2 Å². The molecule has 1 amide bonds. The van der Waals surface area contributed by atoms with Crippen LogP contribution in [0.15, 0.2) is 23.1 Å². The quantitative estimate of drug-likeness (QED) is 0.626. The molecule has 1 saturated heterocycles. The standard InChI is InChI=1S/C12H16N4O4.ClH/c13-6-9-2-1-5-15(9)12(18)8-14-7-10(16(19)20)3-4-11(14)17;/h3-4,7,9H,1-2,5-6,8,13H2;1H. The first-order chi connectivity index (χ1) is 9.52. The van der Waals surface area contributed by atoms with Crippen molar-refractivity contribution in [2.75, 3.05) is 13.1 Å². The molecule has 1 aromatic rings. The lowest BCUT2D eigenvalue weighted by Gasteiger charge is -2.23. The number of halogens is 1. The summed E-state index contributed by atoms with van der Waals surface area (Å²) < 4.78 is 1.06. The Bertz CT molecular complexity index is 589. The van der Waals surface area contributed by atoms with Gasteiger partial charge in [-0.05, 0) is 12.8 Å². The van der Waals surface area contributed by atoms with Crippen molar-refractivity contribution in [3.63, 3.8) is 0 Å². The van der Waals surface area contributed by atoms with Gasteiger partial charge in [0.2, 0.25) is 5.91 Å². The Morgan fingerprint density at radius 2 is 2.19 bits per heavy atom. The lowest BCUT2D eigenvalue weighted by atomic mass is 10.2. The molecule has 0 aromatic carbocycles. The minimum atomic E-state index is -0.598. The van der Waals surface area contributed by atoms with Crippen LogP contribution in [0.5, 0.6) is 0 Å². The van der Waals surface area contributed by atoms with Crippen LogP contribution in [0.2, 0.25) is 0 Å². The zero-order chi connectivity index (χ0) is 14.7. The summed E-state index contributed by atoms with van der Waals surface area (Å²) >= 11 is 0. The molecule has 2 N–H and O–H groups in total. The van der Waals surface area contributed by atoms with Crippen molar-refractivity contribution >= 4 is 24.0 Å². The van der Waals surface area contributed by atoms with E-state index in [1.807, 2.05) is 0 Å². The van der Waals surface area contributed by atoms with Crippen molar-refractivity contribution in [3.05, 3.63) is 38.8 Å². The Morgan fingerprint density at radius 3 is 2.81 bits per heavy atom. The maximum Gasteiger partial charge on any atom is 0.285 e. The van der Waals surface area contributed by atoms with E-state index in [9.17, 15) is 19.7 Å². The van der Waals surface area contributed by atoms with Crippen LogP contribution in [0.25, 0.3) is 0 Å². The van der Waals surface area contributed by atoms with Gasteiger partial charge < -0.3 is 10.6 Å². The van der Waals surface area contributed by atoms with Crippen molar-refractivity contribution in [1.29, 1.82) is 0 Å². The maximum atomic E-state index is 12.2. The van der Waals surface area contributed by atoms with Gasteiger partial charge in [-0.25, -0.2) is 0 Å². The topological polar surface area (TPSA) is 111 Å². The first kappa shape index (κ1) is 17.1. The molecule has 1 fully saturated rings. The second kappa shape index (κ2) is 7.19. The first-order valence-electron chi connectivity index (χ1n) is 6.37. The first-order valence-corrected chi connectivity index (χ1v) is 6.37. The molecule has 1 aliphatic rings. The number of hydrogen-bond acceptors (Lipinski definition) is 5. The zero-order valence-corrected chi connectivity index (χ0v) is 12.1. The van der Waals surface area contributed by atoms with Crippen LogP contribution in [-0.4, -0.2) is 39.4 Å². The number of carbonyl (C=O) groups is 1. The number of likely N-dealkylation sites (tertiary alicyclic amines) is 1. The van der Waals surface area contributed by atoms with Crippen molar-refractivity contribution in [2.45, 2.75) is 25.4 Å². The molecule has 0 saturated carbocycles. The van der Waals surface area contributed by atoms with E-state index in [2.05, 4.69) is 0 Å². The van der Waals surface area contributed by atoms with E-state index in [0.717, 1.165) is 35.7 Å². The highest BCUT2D eigenvalue weighted by Gasteiger charge is 2.27. The van der Waals surface area contributed by atoms with Crippen LogP contribution >= 0.6 is 12.4 Å². The second-order valence-corrected chi connectivity index (χ2v) is 4.73. The van der Waals surface area contributed by atoms with E-state index in [-0.39, 0.29) is 36.6 Å². The minimum absolute atomic E-state index is 0. The van der Waals surface area contributed by atoms with Crippen LogP contribution in [-0.2, 0) is 11.3 Å². The summed E-state index contributed by atoms with van der Waals surface area (Å²) in [5.74, 6) is -0.236. The van der Waals surface area contributed by atoms with Gasteiger partial charge in [0.05, 0.1) is 11.1 Å². The number of amides is 1. The molecule has 116 valence electrons. The van der Waals surface area contributed by atoms with E-state index in [4.69, 9.17) is 5.73 Å². The van der Waals surface area contributed by atoms with Crippen LogP contribution < -0.4 is 11.3 Å². The molecule has 0 radical (unpaired) electrons. The molecular formula is C12H17ClN4O4. The van der Waals surface area contributed by atoms with Crippen LogP contribution in [0.4, 0.5) is 5.69 Å². The number of rotatable bonds is 4. The molecule has 8 nitrogen and oxygen atoms in total. The number of aromatic nitrogens is 1. The van der Waals surface area contributed by atoms with Gasteiger partial charge in [0, 0.05) is 31.3 Å². The molecule has 0 aliphatic carbocycles. The zero-order valence-electron chi connectivity index (χ0n) is 11.3. The Balaban J connectivity index is 0.00000220. The number of pyridine rings is 1. The molecule has 1 aromatic heterocycles. The Kier molecular flexibility index (Phi) is 5.86. The predicted molar refractivity (Wildman–Crippen MR) is 78.4 cm³/mol. The molecule has 1 atom stereocenters. The number of carbonyl (C=O) groups excluding carboxylic acids is 1. The van der Waals surface area contributed by atoms with Gasteiger partial charge in [-0.3, -0.25) is 24.3 Å². The van der Waals surface area contributed by atoms with Gasteiger partial charge in [0.1, 0.15) is 6.54 Å². The van der Waals surface area contributed by atoms with Crippen LogP contribution in [0.1, 0.15) is 12.8 Å². The third kappa shape index (κ3) is 3.79. The maximum absolute atomic E-state index is 12.2. The average molecular weight is 317 g/mol. The van der Waals surface area contributed by atoms with Gasteiger partial charge in [-0.2, -0.15) is 0 Å². The largest absolute Gasteiger partial charge is 0.337 e. The summed E-state index contributed by atoms with van der Waals surface area (Å²) in [5, 5.41) is 10.7. The van der Waals surface area contributed by atoms with Crippen molar-refractivity contribution < 1.29 is 9.72 Å². The highest BCUT2D eigenvalue weighted by atomic mass is 35.5. The van der Waals surface area contributed by atoms with E-state index < -0.39 is 10.5 Å². The Morgan fingerprint density at radius 1 is 1.48 bits per heavy atom. The Labute approximate surface area is 127 Å². The van der Waals surface area contributed by atoms with Gasteiger partial charge in [-0.1, -0.05) is 0 Å². The van der Waals surface area contributed by atoms with Crippen molar-refractivity contribution in [3.8, 4) is 0 Å². The molecular weight excluding hydrogens is 300 g/mol. The predicted octanol–water partition coefficient (Wildman–Crippen LogP) is 0.128. The lowest BCUT2D eigenvalue weighted by molar-refractivity contribution is -0.385. The van der Waals surface area contributed by atoms with E-state index in [0.29, 0.717) is 13.1 Å². The Hall–Kier alpha value is -1.93. The highest BCUT2D eigenvalue weighted by Crippen LogP contribution is 2.16. The SMILES string of the molecule is Cl.NCC1CCCN1C(=O)Cn1cc([N+](=O)[O-])ccc1=O. The molecule has 1 aliphatic heterocycles. The summed E-state index contributed by atoms with van der Waals surface area (Å²) in [6.45, 7) is 0.803. The summed E-state index contributed by atoms with van der Waals surface area (Å²) in [6, 6.07) is 2.22. The molecule has 9 heteroatoms. The molecule has 2 rings (SSSR count). The minimum Gasteiger partial charge on any atom is -0.337 e. The highest BCUT2D eigenvalue weighted by molar-refractivity contribution is 5.85. The summed E-state index contributed by atoms with van der Waals surface area (Å²) in [6.07, 6.45) is 2.83. The third-order valence-corrected chi connectivity index (χ3v) is 3.45. The molecule has 2 heterocycles. The van der Waals surface area contributed by atoms with Crippen molar-refractivity contribution in [1.82, 2.24) is 9.47 Å².